The van der Waals surface area contributed by atoms with E-state index in [0.29, 0.717) is 12.1 Å². The number of nitrogens with one attached hydrogen (secondary N) is 4. The van der Waals surface area contributed by atoms with Crippen LogP contribution in [0.4, 0.5) is 10.5 Å². The van der Waals surface area contributed by atoms with E-state index in [1.165, 1.54) is 19.2 Å². The number of alkyl carbamates (subject to hydrolysis) is 1. The average Bonchev–Trinajstić information content (AvgIpc) is 3.42. The van der Waals surface area contributed by atoms with Crippen molar-refractivity contribution in [2.75, 3.05) is 12.5 Å². The largest absolute Gasteiger partial charge is 0.453 e. The van der Waals surface area contributed by atoms with E-state index in [4.69, 9.17) is 0 Å². The zero-order chi connectivity index (χ0) is 20.0. The van der Waals surface area contributed by atoms with Crippen molar-refractivity contribution in [1.82, 2.24) is 15.5 Å². The van der Waals surface area contributed by atoms with Crippen LogP contribution in [0.3, 0.4) is 0 Å². The van der Waals surface area contributed by atoms with Crippen molar-refractivity contribution in [1.29, 1.82) is 0 Å². The summed E-state index contributed by atoms with van der Waals surface area (Å²) in [5.41, 5.74) is 5.73. The molecule has 1 fully saturated rings. The molecule has 27 heavy (non-hydrogen) atoms. The topological polar surface area (TPSA) is 126 Å². The summed E-state index contributed by atoms with van der Waals surface area (Å²) >= 11 is 0. The number of carbonyl (C=O) groups excluding carboxylic acids is 2. The van der Waals surface area contributed by atoms with Crippen LogP contribution in [0.15, 0.2) is 29.2 Å². The molecule has 1 aromatic rings. The van der Waals surface area contributed by atoms with Crippen molar-refractivity contribution in [3.8, 4) is 0 Å². The van der Waals surface area contributed by atoms with E-state index in [1.807, 2.05) is 13.8 Å². The number of ether oxygens (including phenoxy) is 1. The molecule has 0 bridgehead atoms. The van der Waals surface area contributed by atoms with Crippen LogP contribution in [0, 0.1) is 5.92 Å². The molecule has 1 atom stereocenters. The maximum atomic E-state index is 12.3. The molecule has 4 N–H and O–H groups in total. The smallest absolute Gasteiger partial charge is 0.407 e. The van der Waals surface area contributed by atoms with E-state index in [-0.39, 0.29) is 16.9 Å². The van der Waals surface area contributed by atoms with Gasteiger partial charge in [0.2, 0.25) is 10.0 Å². The lowest BCUT2D eigenvalue weighted by Crippen LogP contribution is -2.48. The lowest BCUT2D eigenvalue weighted by atomic mass is 10.0. The molecular weight excluding hydrogens is 372 g/mol. The Bertz CT molecular complexity index is 760. The molecule has 1 aromatic carbocycles. The van der Waals surface area contributed by atoms with Crippen LogP contribution in [0.2, 0.25) is 0 Å². The summed E-state index contributed by atoms with van der Waals surface area (Å²) in [5.74, 6) is -0.248. The van der Waals surface area contributed by atoms with Crippen molar-refractivity contribution in [3.63, 3.8) is 0 Å². The van der Waals surface area contributed by atoms with Gasteiger partial charge in [0.25, 0.3) is 5.91 Å². The standard InChI is InChI=1S/C17H26N4O5S/c1-11(2)10-15(18-17(23)26-3)16(22)20-19-12-6-8-14(9-7-12)27(24,25)21-13-4-5-13/h6-9,11,13,15,19,21H,4-5,10H2,1-3H3,(H,18,23)(H,20,22). The summed E-state index contributed by atoms with van der Waals surface area (Å²) in [6.07, 6.45) is 1.48. The van der Waals surface area contributed by atoms with Gasteiger partial charge in [0, 0.05) is 6.04 Å². The van der Waals surface area contributed by atoms with Crippen molar-refractivity contribution in [2.24, 2.45) is 5.92 Å². The van der Waals surface area contributed by atoms with Gasteiger partial charge in [0.1, 0.15) is 6.04 Å². The normalized spacial score (nSPS) is 15.1. The molecule has 1 aliphatic rings. The second-order valence-electron chi connectivity index (χ2n) is 6.85. The molecule has 0 spiro atoms. The van der Waals surface area contributed by atoms with Gasteiger partial charge >= 0.3 is 6.09 Å². The molecule has 2 amide bonds. The highest BCUT2D eigenvalue weighted by molar-refractivity contribution is 7.89. The predicted octanol–water partition coefficient (Wildman–Crippen LogP) is 1.34. The van der Waals surface area contributed by atoms with Crippen molar-refractivity contribution >= 4 is 27.7 Å². The van der Waals surface area contributed by atoms with Crippen molar-refractivity contribution < 1.29 is 22.7 Å². The number of methoxy groups -OCH3 is 1. The van der Waals surface area contributed by atoms with Crippen LogP contribution in [-0.4, -0.2) is 39.6 Å². The van der Waals surface area contributed by atoms with Crippen LogP contribution in [-0.2, 0) is 19.6 Å². The summed E-state index contributed by atoms with van der Waals surface area (Å²) < 4.78 is 31.4. The molecule has 0 saturated heterocycles. The van der Waals surface area contributed by atoms with Crippen LogP contribution in [0.25, 0.3) is 0 Å². The van der Waals surface area contributed by atoms with Gasteiger partial charge in [0.15, 0.2) is 0 Å². The minimum absolute atomic E-state index is 0.0345. The fraction of sp³-hybridized carbons (Fsp3) is 0.529. The Hall–Kier alpha value is -2.33. The molecule has 1 saturated carbocycles. The highest BCUT2D eigenvalue weighted by Crippen LogP contribution is 2.22. The molecular formula is C17H26N4O5S. The van der Waals surface area contributed by atoms with E-state index in [9.17, 15) is 18.0 Å². The van der Waals surface area contributed by atoms with Gasteiger partial charge in [-0.2, -0.15) is 0 Å². The number of hydrazine groups is 1. The number of sulfonamides is 1. The van der Waals surface area contributed by atoms with Crippen molar-refractivity contribution in [3.05, 3.63) is 24.3 Å². The summed E-state index contributed by atoms with van der Waals surface area (Å²) in [7, 11) is -2.29. The number of hydrogen-bond donors (Lipinski definition) is 4. The molecule has 10 heteroatoms. The molecule has 150 valence electrons. The molecule has 9 nitrogen and oxygen atoms in total. The lowest BCUT2D eigenvalue weighted by Gasteiger charge is -2.20. The van der Waals surface area contributed by atoms with Gasteiger partial charge in [-0.15, -0.1) is 0 Å². The summed E-state index contributed by atoms with van der Waals surface area (Å²) in [5, 5.41) is 2.49. The second-order valence-corrected chi connectivity index (χ2v) is 8.57. The molecule has 1 aliphatic carbocycles. The SMILES string of the molecule is COC(=O)NC(CC(C)C)C(=O)NNc1ccc(S(=O)(=O)NC2CC2)cc1. The maximum absolute atomic E-state index is 12.3. The quantitative estimate of drug-likeness (QED) is 0.465. The third-order valence-electron chi connectivity index (χ3n) is 3.89. The first-order valence-electron chi connectivity index (χ1n) is 8.74. The van der Waals surface area contributed by atoms with Crippen LogP contribution in [0.5, 0.6) is 0 Å². The van der Waals surface area contributed by atoms with Gasteiger partial charge in [-0.3, -0.25) is 15.6 Å². The third kappa shape index (κ3) is 6.72. The van der Waals surface area contributed by atoms with Gasteiger partial charge in [-0.25, -0.2) is 17.9 Å². The Morgan fingerprint density at radius 3 is 2.33 bits per heavy atom. The average molecular weight is 398 g/mol. The Balaban J connectivity index is 1.93. The van der Waals surface area contributed by atoms with Gasteiger partial charge in [-0.1, -0.05) is 13.8 Å². The zero-order valence-electron chi connectivity index (χ0n) is 15.6. The molecule has 2 rings (SSSR count). The number of rotatable bonds is 9. The van der Waals surface area contributed by atoms with Gasteiger partial charge in [-0.05, 0) is 49.4 Å². The first-order valence-corrected chi connectivity index (χ1v) is 10.2. The van der Waals surface area contributed by atoms with Gasteiger partial charge in [0.05, 0.1) is 17.7 Å². The van der Waals surface area contributed by atoms with E-state index in [0.717, 1.165) is 12.8 Å². The monoisotopic (exact) mass is 398 g/mol. The van der Waals surface area contributed by atoms with E-state index in [2.05, 4.69) is 25.6 Å². The number of anilines is 1. The number of carbonyl (C=O) groups is 2. The third-order valence-corrected chi connectivity index (χ3v) is 5.43. The summed E-state index contributed by atoms with van der Waals surface area (Å²) in [6, 6.07) is 5.29. The van der Waals surface area contributed by atoms with Crippen LogP contribution < -0.4 is 20.9 Å². The van der Waals surface area contributed by atoms with E-state index >= 15 is 0 Å². The Morgan fingerprint density at radius 2 is 1.81 bits per heavy atom. The summed E-state index contributed by atoms with van der Waals surface area (Å²) in [6.45, 7) is 3.86. The molecule has 1 unspecified atom stereocenters. The maximum Gasteiger partial charge on any atom is 0.407 e. The zero-order valence-corrected chi connectivity index (χ0v) is 16.4. The Labute approximate surface area is 159 Å². The number of benzene rings is 1. The highest BCUT2D eigenvalue weighted by atomic mass is 32.2. The fourth-order valence-corrected chi connectivity index (χ4v) is 3.64. The van der Waals surface area contributed by atoms with Crippen molar-refractivity contribution in [2.45, 2.75) is 50.1 Å². The lowest BCUT2D eigenvalue weighted by molar-refractivity contribution is -0.122. The molecule has 0 aromatic heterocycles. The Morgan fingerprint density at radius 1 is 1.19 bits per heavy atom. The van der Waals surface area contributed by atoms with Crippen LogP contribution >= 0.6 is 0 Å². The summed E-state index contributed by atoms with van der Waals surface area (Å²) in [4.78, 5) is 23.9. The highest BCUT2D eigenvalue weighted by Gasteiger charge is 2.28. The number of amides is 2. The first kappa shape index (κ1) is 21.0. The second kappa shape index (κ2) is 9.05. The predicted molar refractivity (Wildman–Crippen MR) is 100 cm³/mol. The first-order chi connectivity index (χ1) is 12.7. The van der Waals surface area contributed by atoms with E-state index < -0.39 is 28.1 Å². The Kier molecular flexibility index (Phi) is 7.03. The minimum Gasteiger partial charge on any atom is -0.453 e. The van der Waals surface area contributed by atoms with Crippen LogP contribution in [0.1, 0.15) is 33.1 Å². The minimum atomic E-state index is -3.51. The fourth-order valence-electron chi connectivity index (χ4n) is 2.33. The molecule has 0 aliphatic heterocycles. The van der Waals surface area contributed by atoms with Gasteiger partial charge < -0.3 is 10.1 Å². The number of hydrogen-bond acceptors (Lipinski definition) is 6. The van der Waals surface area contributed by atoms with E-state index in [1.54, 1.807) is 12.1 Å². The molecule has 0 radical (unpaired) electrons. The molecule has 0 heterocycles.